The van der Waals surface area contributed by atoms with Crippen molar-refractivity contribution in [1.29, 1.82) is 0 Å². The van der Waals surface area contributed by atoms with Crippen molar-refractivity contribution >= 4 is 65.9 Å². The van der Waals surface area contributed by atoms with Crippen molar-refractivity contribution in [2.24, 2.45) is 17.6 Å². The summed E-state index contributed by atoms with van der Waals surface area (Å²) in [5.41, 5.74) is 7.27. The number of aliphatic hydroxyl groups excluding tert-OH is 2. The number of amides is 8. The molecule has 68 heavy (non-hydrogen) atoms. The molecule has 2 aromatic carbocycles. The van der Waals surface area contributed by atoms with E-state index in [-0.39, 0.29) is 30.4 Å². The van der Waals surface area contributed by atoms with Crippen LogP contribution in [0.3, 0.4) is 0 Å². The third kappa shape index (κ3) is 17.5. The highest BCUT2D eigenvalue weighted by Crippen LogP contribution is 2.20. The highest BCUT2D eigenvalue weighted by molar-refractivity contribution is 7.80. The Hall–Kier alpha value is -6.10. The Bertz CT molecular complexity index is 2030. The molecule has 374 valence electrons. The number of hydrogen-bond acceptors (Lipinski definition) is 13. The Morgan fingerprint density at radius 1 is 0.691 bits per heavy atom. The molecule has 9 atom stereocenters. The SMILES string of the molecule is CC[C@H](C)[C@H](NC(=O)[C@H](CO)NC(=O)[C@H](Cc1ccccc1)NC(=O)[C@H](CO)NC(=O)[C@H](CS)NC(=O)CNC(=O)[C@@H]1CCCN1C(=O)[C@@H](N)CC(C)C)C(=O)N[C@@H](Cc1ccccc1)C(=O)O. The Kier molecular flexibility index (Phi) is 23.4. The second-order valence-corrected chi connectivity index (χ2v) is 17.5. The zero-order chi connectivity index (χ0) is 50.5. The maximum Gasteiger partial charge on any atom is 0.326 e. The summed E-state index contributed by atoms with van der Waals surface area (Å²) in [5.74, 6) is -8.43. The van der Waals surface area contributed by atoms with Crippen LogP contribution in [0, 0.1) is 11.8 Å². The van der Waals surface area contributed by atoms with Crippen LogP contribution < -0.4 is 43.0 Å². The smallest absolute Gasteiger partial charge is 0.326 e. The number of likely N-dealkylation sites (tertiary alicyclic amines) is 1. The molecule has 0 radical (unpaired) electrons. The van der Waals surface area contributed by atoms with Crippen molar-refractivity contribution in [1.82, 2.24) is 42.1 Å². The summed E-state index contributed by atoms with van der Waals surface area (Å²) in [6.45, 7) is 5.11. The molecule has 8 amide bonds. The minimum Gasteiger partial charge on any atom is -0.480 e. The van der Waals surface area contributed by atoms with E-state index in [2.05, 4.69) is 49.8 Å². The molecule has 1 heterocycles. The minimum absolute atomic E-state index is 0.0399. The third-order valence-corrected chi connectivity index (χ3v) is 11.7. The molecule has 1 saturated heterocycles. The molecule has 22 heteroatoms. The molecule has 1 fully saturated rings. The minimum atomic E-state index is -1.68. The van der Waals surface area contributed by atoms with Gasteiger partial charge in [-0.05, 0) is 42.2 Å². The maximum atomic E-state index is 13.9. The predicted molar refractivity (Wildman–Crippen MR) is 252 cm³/mol. The molecule has 3 rings (SSSR count). The van der Waals surface area contributed by atoms with Gasteiger partial charge in [-0.15, -0.1) is 0 Å². The van der Waals surface area contributed by atoms with E-state index in [1.54, 1.807) is 74.5 Å². The number of nitrogens with two attached hydrogens (primary N) is 1. The summed E-state index contributed by atoms with van der Waals surface area (Å²) >= 11 is 4.14. The van der Waals surface area contributed by atoms with E-state index in [0.717, 1.165) is 0 Å². The van der Waals surface area contributed by atoms with Crippen LogP contribution in [0.5, 0.6) is 0 Å². The summed E-state index contributed by atoms with van der Waals surface area (Å²) in [7, 11) is 0. The number of hydrogen-bond donors (Lipinski definition) is 12. The maximum absolute atomic E-state index is 13.9. The molecule has 21 nitrogen and oxygen atoms in total. The molecule has 1 aliphatic rings. The molecule has 12 N–H and O–H groups in total. The number of thiol groups is 1. The van der Waals surface area contributed by atoms with Gasteiger partial charge in [0, 0.05) is 25.1 Å². The number of carboxylic acids is 1. The fourth-order valence-corrected chi connectivity index (χ4v) is 7.64. The van der Waals surface area contributed by atoms with E-state index in [1.807, 2.05) is 13.8 Å². The molecule has 2 aromatic rings. The van der Waals surface area contributed by atoms with Crippen molar-refractivity contribution in [3.8, 4) is 0 Å². The highest BCUT2D eigenvalue weighted by Gasteiger charge is 2.37. The van der Waals surface area contributed by atoms with Crippen LogP contribution in [-0.2, 0) is 56.0 Å². The van der Waals surface area contributed by atoms with Gasteiger partial charge in [0.25, 0.3) is 0 Å². The highest BCUT2D eigenvalue weighted by atomic mass is 32.1. The number of aliphatic carboxylic acids is 1. The van der Waals surface area contributed by atoms with Crippen molar-refractivity contribution in [3.05, 3.63) is 71.8 Å². The van der Waals surface area contributed by atoms with Gasteiger partial charge < -0.3 is 63.2 Å². The first-order valence-electron chi connectivity index (χ1n) is 22.6. The molecule has 1 aliphatic heterocycles. The number of nitrogens with zero attached hydrogens (tertiary/aromatic N) is 1. The van der Waals surface area contributed by atoms with Gasteiger partial charge in [0.05, 0.1) is 25.8 Å². The van der Waals surface area contributed by atoms with Gasteiger partial charge in [-0.3, -0.25) is 38.4 Å². The first-order valence-corrected chi connectivity index (χ1v) is 23.2. The quantitative estimate of drug-likeness (QED) is 0.0428. The second-order valence-electron chi connectivity index (χ2n) is 17.1. The van der Waals surface area contributed by atoms with E-state index in [1.165, 1.54) is 4.90 Å². The van der Waals surface area contributed by atoms with Crippen molar-refractivity contribution in [2.45, 2.75) is 115 Å². The third-order valence-electron chi connectivity index (χ3n) is 11.4. The average Bonchev–Trinajstić information content (AvgIpc) is 3.82. The van der Waals surface area contributed by atoms with Crippen LogP contribution in [-0.4, -0.2) is 154 Å². The first kappa shape index (κ1) is 56.2. The van der Waals surface area contributed by atoms with Gasteiger partial charge in [-0.1, -0.05) is 94.8 Å². The Labute approximate surface area is 401 Å². The summed E-state index contributed by atoms with van der Waals surface area (Å²) in [5, 5.41) is 47.4. The lowest BCUT2D eigenvalue weighted by molar-refractivity contribution is -0.142. The number of rotatable bonds is 27. The Morgan fingerprint density at radius 2 is 1.18 bits per heavy atom. The molecular weight excluding hydrogens is 903 g/mol. The van der Waals surface area contributed by atoms with Crippen LogP contribution in [0.15, 0.2) is 60.7 Å². The molecule has 0 bridgehead atoms. The molecule has 0 saturated carbocycles. The first-order chi connectivity index (χ1) is 32.3. The zero-order valence-corrected chi connectivity index (χ0v) is 39.7. The summed E-state index contributed by atoms with van der Waals surface area (Å²) in [6.07, 6.45) is 1.54. The van der Waals surface area contributed by atoms with E-state index < -0.39 is 121 Å². The molecule has 0 spiro atoms. The van der Waals surface area contributed by atoms with Crippen molar-refractivity contribution < 1.29 is 58.5 Å². The number of carbonyl (C=O) groups excluding carboxylic acids is 8. The van der Waals surface area contributed by atoms with Gasteiger partial charge in [0.1, 0.15) is 42.3 Å². The van der Waals surface area contributed by atoms with Crippen LogP contribution in [0.25, 0.3) is 0 Å². The van der Waals surface area contributed by atoms with Crippen LogP contribution in [0.1, 0.15) is 64.5 Å². The number of aliphatic hydroxyl groups is 2. The Morgan fingerprint density at radius 3 is 1.68 bits per heavy atom. The normalized spacial score (nSPS) is 16.9. The zero-order valence-electron chi connectivity index (χ0n) is 38.8. The monoisotopic (exact) mass is 969 g/mol. The lowest BCUT2D eigenvalue weighted by Gasteiger charge is -2.28. The number of nitrogens with one attached hydrogen (secondary N) is 7. The lowest BCUT2D eigenvalue weighted by atomic mass is 9.97. The Balaban J connectivity index is 1.67. The fourth-order valence-electron chi connectivity index (χ4n) is 7.38. The fraction of sp³-hybridized carbons (Fsp3) is 0.543. The van der Waals surface area contributed by atoms with Gasteiger partial charge in [0.2, 0.25) is 47.3 Å². The van der Waals surface area contributed by atoms with Gasteiger partial charge in [-0.2, -0.15) is 12.6 Å². The van der Waals surface area contributed by atoms with Gasteiger partial charge in [-0.25, -0.2) is 4.79 Å². The van der Waals surface area contributed by atoms with E-state index >= 15 is 0 Å². The largest absolute Gasteiger partial charge is 0.480 e. The number of carbonyl (C=O) groups is 9. The van der Waals surface area contributed by atoms with E-state index in [9.17, 15) is 58.5 Å². The topological polar surface area (TPSA) is 328 Å². The van der Waals surface area contributed by atoms with Crippen LogP contribution in [0.2, 0.25) is 0 Å². The molecule has 0 aromatic heterocycles. The van der Waals surface area contributed by atoms with Crippen LogP contribution >= 0.6 is 12.6 Å². The standard InChI is InChI=1S/C46H67N9O12S/c1-5-27(4)38(44(64)51-32(46(66)67)21-29-15-10-7-11-16-29)54-41(61)34(24-57)52-39(59)31(20-28-13-8-6-9-14-28)50-40(60)33(23-56)53-42(62)35(25-68)49-37(58)22-48-43(63)36-17-12-18-55(36)45(65)30(47)19-26(2)3/h6-11,13-16,26-27,30-36,38,56-57,68H,5,12,17-25,47H2,1-4H3,(H,48,63)(H,49,58)(H,50,60)(H,51,64)(H,52,59)(H,53,62)(H,54,61)(H,66,67)/t27-,30-,31-,32-,33-,34-,35-,36-,38-/m0/s1. The predicted octanol–water partition coefficient (Wildman–Crippen LogP) is -2.09. The molecular formula is C46H67N9O12S. The number of carboxylic acid groups (broad SMARTS) is 1. The summed E-state index contributed by atoms with van der Waals surface area (Å²) in [6, 6.07) is 6.57. The van der Waals surface area contributed by atoms with Crippen molar-refractivity contribution in [2.75, 3.05) is 32.1 Å². The van der Waals surface area contributed by atoms with Crippen molar-refractivity contribution in [3.63, 3.8) is 0 Å². The van der Waals surface area contributed by atoms with E-state index in [0.29, 0.717) is 43.4 Å². The number of benzene rings is 2. The average molecular weight is 970 g/mol. The molecule has 0 unspecified atom stereocenters. The summed E-state index contributed by atoms with van der Waals surface area (Å²) < 4.78 is 0. The lowest BCUT2D eigenvalue weighted by Crippen LogP contribution is -2.61. The second kappa shape index (κ2) is 28.3. The van der Waals surface area contributed by atoms with E-state index in [4.69, 9.17) is 5.73 Å². The molecule has 0 aliphatic carbocycles. The van der Waals surface area contributed by atoms with Gasteiger partial charge >= 0.3 is 5.97 Å². The van der Waals surface area contributed by atoms with Gasteiger partial charge in [0.15, 0.2) is 0 Å². The summed E-state index contributed by atoms with van der Waals surface area (Å²) in [4.78, 5) is 120. The van der Waals surface area contributed by atoms with Crippen LogP contribution in [0.4, 0.5) is 0 Å².